The van der Waals surface area contributed by atoms with Crippen molar-refractivity contribution in [2.45, 2.75) is 13.0 Å². The summed E-state index contributed by atoms with van der Waals surface area (Å²) in [5.41, 5.74) is 2.17. The first kappa shape index (κ1) is 20.6. The number of hydrogen-bond donors (Lipinski definition) is 3. The lowest BCUT2D eigenvalue weighted by molar-refractivity contribution is -0.141. The third-order valence-corrected chi connectivity index (χ3v) is 4.43. The van der Waals surface area contributed by atoms with E-state index in [0.29, 0.717) is 22.6 Å². The molecule has 0 aliphatic carbocycles. The first-order valence-electron chi connectivity index (χ1n) is 9.05. The van der Waals surface area contributed by atoms with Crippen molar-refractivity contribution < 1.29 is 24.0 Å². The van der Waals surface area contributed by atoms with Crippen molar-refractivity contribution >= 4 is 29.3 Å². The van der Waals surface area contributed by atoms with Gasteiger partial charge in [-0.3, -0.25) is 4.79 Å². The predicted molar refractivity (Wildman–Crippen MR) is 110 cm³/mol. The van der Waals surface area contributed by atoms with Crippen LogP contribution in [0.5, 0.6) is 0 Å². The van der Waals surface area contributed by atoms with Gasteiger partial charge in [0.2, 0.25) is 5.76 Å². The Kier molecular flexibility index (Phi) is 6.11. The number of carbonyl (C=O) groups is 3. The van der Waals surface area contributed by atoms with E-state index in [1.807, 2.05) is 18.2 Å². The van der Waals surface area contributed by atoms with Crippen molar-refractivity contribution in [3.8, 4) is 11.3 Å². The summed E-state index contributed by atoms with van der Waals surface area (Å²) in [5, 5.41) is 18.4. The molecule has 1 atom stereocenters. The molecule has 0 radical (unpaired) electrons. The summed E-state index contributed by atoms with van der Waals surface area (Å²) in [5.74, 6) is -1.81. The molecule has 30 heavy (non-hydrogen) atoms. The maximum Gasteiger partial charge on any atom is 0.326 e. The lowest BCUT2D eigenvalue weighted by atomic mass is 10.1. The van der Waals surface area contributed by atoms with Gasteiger partial charge in [-0.15, -0.1) is 0 Å². The Morgan fingerprint density at radius 2 is 1.67 bits per heavy atom. The number of carbonyl (C=O) groups excluding carboxylic acids is 2. The third kappa shape index (κ3) is 4.82. The number of carboxylic acids is 1. The summed E-state index contributed by atoms with van der Waals surface area (Å²) >= 11 is 0. The maximum atomic E-state index is 12.4. The van der Waals surface area contributed by atoms with Crippen LogP contribution in [0.2, 0.25) is 0 Å². The van der Waals surface area contributed by atoms with Crippen molar-refractivity contribution in [1.82, 2.24) is 10.1 Å². The minimum atomic E-state index is -1.13. The molecule has 3 aromatic rings. The van der Waals surface area contributed by atoms with E-state index in [1.54, 1.807) is 36.4 Å². The quantitative estimate of drug-likeness (QED) is 0.573. The fraction of sp³-hybridized carbons (Fsp3) is 0.143. The second-order valence-corrected chi connectivity index (χ2v) is 6.53. The van der Waals surface area contributed by atoms with E-state index < -0.39 is 23.9 Å². The van der Waals surface area contributed by atoms with Gasteiger partial charge in [0.25, 0.3) is 5.91 Å². The summed E-state index contributed by atoms with van der Waals surface area (Å²) in [6, 6.07) is 15.9. The average Bonchev–Trinajstić information content (AvgIpc) is 3.23. The molecule has 9 heteroatoms. The Hall–Kier alpha value is -4.14. The van der Waals surface area contributed by atoms with E-state index in [-0.39, 0.29) is 5.76 Å². The molecule has 9 nitrogen and oxygen atoms in total. The van der Waals surface area contributed by atoms with Crippen LogP contribution in [0.15, 0.2) is 65.2 Å². The fourth-order valence-electron chi connectivity index (χ4n) is 2.60. The van der Waals surface area contributed by atoms with Crippen LogP contribution in [0, 0.1) is 0 Å². The highest BCUT2D eigenvalue weighted by atomic mass is 16.5. The highest BCUT2D eigenvalue weighted by Gasteiger charge is 2.26. The molecule has 3 amide bonds. The number of likely N-dealkylation sites (N-methyl/N-ethyl adjacent to an activating group) is 1. The Morgan fingerprint density at radius 3 is 2.37 bits per heavy atom. The summed E-state index contributed by atoms with van der Waals surface area (Å²) in [4.78, 5) is 36.7. The molecule has 0 saturated carbocycles. The normalized spacial score (nSPS) is 11.4. The molecular formula is C21H20N4O5. The number of aromatic nitrogens is 1. The predicted octanol–water partition coefficient (Wildman–Crippen LogP) is 3.53. The molecule has 0 bridgehead atoms. The number of carboxylic acid groups (broad SMARTS) is 1. The average molecular weight is 408 g/mol. The van der Waals surface area contributed by atoms with Crippen LogP contribution in [-0.4, -0.2) is 46.2 Å². The molecule has 0 aliphatic rings. The fourth-order valence-corrected chi connectivity index (χ4v) is 2.60. The van der Waals surface area contributed by atoms with E-state index in [9.17, 15) is 14.4 Å². The van der Waals surface area contributed by atoms with Gasteiger partial charge in [-0.05, 0) is 31.2 Å². The summed E-state index contributed by atoms with van der Waals surface area (Å²) in [6.07, 6.45) is 0. The molecule has 0 fully saturated rings. The second-order valence-electron chi connectivity index (χ2n) is 6.53. The molecule has 1 aromatic heterocycles. The first-order valence-corrected chi connectivity index (χ1v) is 9.05. The number of anilines is 2. The zero-order valence-electron chi connectivity index (χ0n) is 16.3. The van der Waals surface area contributed by atoms with Gasteiger partial charge in [-0.25, -0.2) is 9.59 Å². The Bertz CT molecular complexity index is 1060. The topological polar surface area (TPSA) is 125 Å². The van der Waals surface area contributed by atoms with Crippen molar-refractivity contribution in [3.05, 3.63) is 66.4 Å². The van der Waals surface area contributed by atoms with Crippen molar-refractivity contribution in [2.75, 3.05) is 17.7 Å². The van der Waals surface area contributed by atoms with Crippen molar-refractivity contribution in [2.24, 2.45) is 0 Å². The highest BCUT2D eigenvalue weighted by Crippen LogP contribution is 2.23. The van der Waals surface area contributed by atoms with Gasteiger partial charge in [0.1, 0.15) is 11.7 Å². The number of urea groups is 1. The molecule has 0 spiro atoms. The van der Waals surface area contributed by atoms with E-state index in [2.05, 4.69) is 15.8 Å². The molecule has 3 rings (SSSR count). The molecule has 1 heterocycles. The van der Waals surface area contributed by atoms with Crippen LogP contribution >= 0.6 is 0 Å². The molecular weight excluding hydrogens is 388 g/mol. The highest BCUT2D eigenvalue weighted by molar-refractivity contribution is 6.00. The van der Waals surface area contributed by atoms with Gasteiger partial charge in [0.05, 0.1) is 0 Å². The number of amides is 3. The number of benzene rings is 2. The third-order valence-electron chi connectivity index (χ3n) is 4.43. The summed E-state index contributed by atoms with van der Waals surface area (Å²) < 4.78 is 5.10. The Labute approximate surface area is 172 Å². The van der Waals surface area contributed by atoms with Gasteiger partial charge in [0.15, 0.2) is 0 Å². The number of nitrogens with zero attached hydrogens (tertiary/aromatic N) is 2. The SMILES string of the molecule is CC(C(=O)O)N(C)C(=O)c1cc(-c2cccc(NC(=O)Nc3ccccc3)c2)no1. The van der Waals surface area contributed by atoms with Gasteiger partial charge in [-0.1, -0.05) is 35.5 Å². The summed E-state index contributed by atoms with van der Waals surface area (Å²) in [7, 11) is 1.37. The van der Waals surface area contributed by atoms with Gasteiger partial charge in [-0.2, -0.15) is 0 Å². The van der Waals surface area contributed by atoms with E-state index >= 15 is 0 Å². The van der Waals surface area contributed by atoms with Crippen LogP contribution in [0.3, 0.4) is 0 Å². The number of nitrogens with one attached hydrogen (secondary N) is 2. The number of aliphatic carboxylic acids is 1. The molecule has 3 N–H and O–H groups in total. The van der Waals surface area contributed by atoms with Crippen LogP contribution in [0.1, 0.15) is 17.5 Å². The molecule has 0 aliphatic heterocycles. The van der Waals surface area contributed by atoms with Crippen LogP contribution in [-0.2, 0) is 4.79 Å². The molecule has 0 saturated heterocycles. The lowest BCUT2D eigenvalue weighted by Crippen LogP contribution is -2.40. The lowest BCUT2D eigenvalue weighted by Gasteiger charge is -2.19. The van der Waals surface area contributed by atoms with Gasteiger partial charge in [0, 0.05) is 30.1 Å². The Morgan fingerprint density at radius 1 is 1.00 bits per heavy atom. The van der Waals surface area contributed by atoms with E-state index in [4.69, 9.17) is 9.63 Å². The molecule has 2 aromatic carbocycles. The number of para-hydroxylation sites is 1. The van der Waals surface area contributed by atoms with E-state index in [1.165, 1.54) is 20.0 Å². The summed E-state index contributed by atoms with van der Waals surface area (Å²) in [6.45, 7) is 1.40. The zero-order chi connectivity index (χ0) is 21.7. The number of rotatable bonds is 6. The number of hydrogen-bond acceptors (Lipinski definition) is 5. The zero-order valence-corrected chi connectivity index (χ0v) is 16.3. The van der Waals surface area contributed by atoms with Crippen molar-refractivity contribution in [3.63, 3.8) is 0 Å². The van der Waals surface area contributed by atoms with Crippen molar-refractivity contribution in [1.29, 1.82) is 0 Å². The van der Waals surface area contributed by atoms with Gasteiger partial charge >= 0.3 is 12.0 Å². The second kappa shape index (κ2) is 8.91. The molecule has 1 unspecified atom stereocenters. The maximum absolute atomic E-state index is 12.4. The minimum Gasteiger partial charge on any atom is -0.480 e. The monoisotopic (exact) mass is 408 g/mol. The van der Waals surface area contributed by atoms with Crippen LogP contribution < -0.4 is 10.6 Å². The largest absolute Gasteiger partial charge is 0.480 e. The minimum absolute atomic E-state index is 0.0826. The smallest absolute Gasteiger partial charge is 0.326 e. The van der Waals surface area contributed by atoms with Crippen LogP contribution in [0.25, 0.3) is 11.3 Å². The van der Waals surface area contributed by atoms with E-state index in [0.717, 1.165) is 4.90 Å². The van der Waals surface area contributed by atoms with Gasteiger partial charge < -0.3 is 25.2 Å². The standard InChI is InChI=1S/C21H20N4O5/c1-13(20(27)28)25(2)19(26)18-12-17(24-30-18)14-7-6-10-16(11-14)23-21(29)22-15-8-4-3-5-9-15/h3-13H,1-2H3,(H,27,28)(H2,22,23,29). The Balaban J connectivity index is 1.71. The van der Waals surface area contributed by atoms with Crippen LogP contribution in [0.4, 0.5) is 16.2 Å². The first-order chi connectivity index (χ1) is 14.3. The molecule has 154 valence electrons.